The second kappa shape index (κ2) is 8.65. The largest absolute Gasteiger partial charge is 0.493 e. The lowest BCUT2D eigenvalue weighted by Crippen LogP contribution is -2.09. The van der Waals surface area contributed by atoms with Crippen molar-refractivity contribution in [2.24, 2.45) is 0 Å². The maximum Gasteiger partial charge on any atom is 0.203 e. The van der Waals surface area contributed by atoms with Crippen LogP contribution in [0.15, 0.2) is 54.2 Å². The van der Waals surface area contributed by atoms with Crippen LogP contribution >= 0.6 is 0 Å². The van der Waals surface area contributed by atoms with Gasteiger partial charge in [-0.2, -0.15) is 5.26 Å². The van der Waals surface area contributed by atoms with Crippen molar-refractivity contribution >= 4 is 5.69 Å². The zero-order chi connectivity index (χ0) is 18.2. The first-order valence-electron chi connectivity index (χ1n) is 7.80. The summed E-state index contributed by atoms with van der Waals surface area (Å²) < 4.78 is 16.1. The van der Waals surface area contributed by atoms with Crippen molar-refractivity contribution in [3.63, 3.8) is 0 Å². The standard InChI is InChI=1S/C20H22N2O3/c1-22(17-8-6-5-7-9-17)14-16(13-21)10-15-11-18(23-2)20(25-4)19(12-15)24-3/h5-9,11-12,14H,10H2,1-4H3. The lowest BCUT2D eigenvalue weighted by molar-refractivity contribution is 0.324. The third-order valence-electron chi connectivity index (χ3n) is 3.78. The van der Waals surface area contributed by atoms with Gasteiger partial charge in [0.05, 0.1) is 33.0 Å². The Morgan fingerprint density at radius 2 is 1.64 bits per heavy atom. The Balaban J connectivity index is 2.30. The van der Waals surface area contributed by atoms with E-state index < -0.39 is 0 Å². The van der Waals surface area contributed by atoms with Gasteiger partial charge in [-0.05, 0) is 29.8 Å². The molecule has 130 valence electrons. The van der Waals surface area contributed by atoms with Gasteiger partial charge in [-0.25, -0.2) is 0 Å². The number of anilines is 1. The Morgan fingerprint density at radius 3 is 2.12 bits per heavy atom. The fraction of sp³-hybridized carbons (Fsp3) is 0.250. The number of methoxy groups -OCH3 is 3. The number of allylic oxidation sites excluding steroid dienone is 1. The van der Waals surface area contributed by atoms with Crippen LogP contribution in [0.2, 0.25) is 0 Å². The first kappa shape index (κ1) is 18.2. The van der Waals surface area contributed by atoms with Crippen molar-refractivity contribution < 1.29 is 14.2 Å². The van der Waals surface area contributed by atoms with Gasteiger partial charge in [0, 0.05) is 25.4 Å². The van der Waals surface area contributed by atoms with Crippen LogP contribution in [-0.4, -0.2) is 28.4 Å². The number of ether oxygens (including phenoxy) is 3. The molecule has 0 bridgehead atoms. The molecule has 25 heavy (non-hydrogen) atoms. The minimum absolute atomic E-state index is 0.463. The number of benzene rings is 2. The first-order chi connectivity index (χ1) is 12.1. The van der Waals surface area contributed by atoms with E-state index in [1.165, 1.54) is 0 Å². The minimum Gasteiger partial charge on any atom is -0.493 e. The van der Waals surface area contributed by atoms with E-state index in [4.69, 9.17) is 14.2 Å². The molecular formula is C20H22N2O3. The van der Waals surface area contributed by atoms with Gasteiger partial charge >= 0.3 is 0 Å². The Morgan fingerprint density at radius 1 is 1.04 bits per heavy atom. The highest BCUT2D eigenvalue weighted by atomic mass is 16.5. The third-order valence-corrected chi connectivity index (χ3v) is 3.78. The summed E-state index contributed by atoms with van der Waals surface area (Å²) in [7, 11) is 6.63. The molecule has 2 rings (SSSR count). The van der Waals surface area contributed by atoms with Gasteiger partial charge < -0.3 is 19.1 Å². The predicted octanol–water partition coefficient (Wildman–Crippen LogP) is 3.80. The van der Waals surface area contributed by atoms with Crippen LogP contribution in [0.5, 0.6) is 17.2 Å². The topological polar surface area (TPSA) is 54.7 Å². The third kappa shape index (κ3) is 4.45. The van der Waals surface area contributed by atoms with Gasteiger partial charge in [-0.1, -0.05) is 18.2 Å². The molecule has 5 heteroatoms. The molecule has 0 N–H and O–H groups in total. The monoisotopic (exact) mass is 338 g/mol. The molecule has 0 fully saturated rings. The second-order valence-corrected chi connectivity index (χ2v) is 5.42. The van der Waals surface area contributed by atoms with Gasteiger partial charge in [-0.15, -0.1) is 0 Å². The molecule has 0 heterocycles. The number of hydrogen-bond donors (Lipinski definition) is 0. The van der Waals surface area contributed by atoms with Crippen LogP contribution in [0, 0.1) is 11.3 Å². The zero-order valence-electron chi connectivity index (χ0n) is 14.9. The second-order valence-electron chi connectivity index (χ2n) is 5.42. The van der Waals surface area contributed by atoms with Gasteiger partial charge in [0.25, 0.3) is 0 Å². The van der Waals surface area contributed by atoms with E-state index in [-0.39, 0.29) is 0 Å². The number of rotatable bonds is 7. The van der Waals surface area contributed by atoms with E-state index in [1.54, 1.807) is 21.3 Å². The number of para-hydroxylation sites is 1. The smallest absolute Gasteiger partial charge is 0.203 e. The predicted molar refractivity (Wildman–Crippen MR) is 98.3 cm³/mol. The molecule has 0 saturated carbocycles. The lowest BCUT2D eigenvalue weighted by atomic mass is 10.1. The maximum absolute atomic E-state index is 9.50. The minimum atomic E-state index is 0.463. The summed E-state index contributed by atoms with van der Waals surface area (Å²) in [5.41, 5.74) is 2.55. The van der Waals surface area contributed by atoms with Crippen molar-refractivity contribution in [2.45, 2.75) is 6.42 Å². The fourth-order valence-corrected chi connectivity index (χ4v) is 2.54. The zero-order valence-corrected chi connectivity index (χ0v) is 14.9. The van der Waals surface area contributed by atoms with Gasteiger partial charge in [-0.3, -0.25) is 0 Å². The van der Waals surface area contributed by atoms with E-state index in [0.29, 0.717) is 29.2 Å². The van der Waals surface area contributed by atoms with E-state index in [2.05, 4.69) is 6.07 Å². The van der Waals surface area contributed by atoms with E-state index in [9.17, 15) is 5.26 Å². The summed E-state index contributed by atoms with van der Waals surface area (Å²) in [6.07, 6.45) is 2.29. The summed E-state index contributed by atoms with van der Waals surface area (Å²) in [5.74, 6) is 1.69. The number of nitrogens with zero attached hydrogens (tertiary/aromatic N) is 2. The van der Waals surface area contributed by atoms with Crippen LogP contribution < -0.4 is 19.1 Å². The highest BCUT2D eigenvalue weighted by Crippen LogP contribution is 2.38. The van der Waals surface area contributed by atoms with Gasteiger partial charge in [0.2, 0.25) is 5.75 Å². The Kier molecular flexibility index (Phi) is 6.30. The molecule has 0 unspecified atom stereocenters. The highest BCUT2D eigenvalue weighted by molar-refractivity contribution is 5.55. The first-order valence-corrected chi connectivity index (χ1v) is 7.80. The molecule has 0 aliphatic heterocycles. The number of nitriles is 1. The molecule has 0 spiro atoms. The molecule has 0 saturated heterocycles. The fourth-order valence-electron chi connectivity index (χ4n) is 2.54. The summed E-state index contributed by atoms with van der Waals surface area (Å²) in [6.45, 7) is 0. The Bertz CT molecular complexity index is 754. The average Bonchev–Trinajstić information content (AvgIpc) is 2.67. The highest BCUT2D eigenvalue weighted by Gasteiger charge is 2.14. The summed E-state index contributed by atoms with van der Waals surface area (Å²) in [6, 6.07) is 15.8. The quantitative estimate of drug-likeness (QED) is 0.719. The SMILES string of the molecule is COc1cc(CC(C#N)=CN(C)c2ccccc2)cc(OC)c1OC. The van der Waals surface area contributed by atoms with Crippen molar-refractivity contribution in [1.29, 1.82) is 5.26 Å². The van der Waals surface area contributed by atoms with Crippen LogP contribution in [0.25, 0.3) is 0 Å². The molecule has 2 aromatic rings. The van der Waals surface area contributed by atoms with E-state index in [1.807, 2.05) is 60.6 Å². The normalized spacial score (nSPS) is 10.8. The lowest BCUT2D eigenvalue weighted by Gasteiger charge is -2.16. The molecule has 2 aromatic carbocycles. The molecule has 0 radical (unpaired) electrons. The molecule has 0 aliphatic carbocycles. The Labute approximate surface area is 148 Å². The molecule has 0 aliphatic rings. The molecular weight excluding hydrogens is 316 g/mol. The molecule has 0 aromatic heterocycles. The van der Waals surface area contributed by atoms with Crippen LogP contribution in [-0.2, 0) is 6.42 Å². The maximum atomic E-state index is 9.50. The van der Waals surface area contributed by atoms with E-state index in [0.717, 1.165) is 11.3 Å². The summed E-state index contributed by atoms with van der Waals surface area (Å²) >= 11 is 0. The van der Waals surface area contributed by atoms with E-state index >= 15 is 0 Å². The van der Waals surface area contributed by atoms with Crippen molar-refractivity contribution in [1.82, 2.24) is 0 Å². The van der Waals surface area contributed by atoms with Crippen molar-refractivity contribution in [3.8, 4) is 23.3 Å². The molecule has 0 amide bonds. The molecule has 0 atom stereocenters. The van der Waals surface area contributed by atoms with Crippen LogP contribution in [0.3, 0.4) is 0 Å². The van der Waals surface area contributed by atoms with Gasteiger partial charge in [0.1, 0.15) is 0 Å². The Hall–Kier alpha value is -3.13. The number of hydrogen-bond acceptors (Lipinski definition) is 5. The summed E-state index contributed by atoms with van der Waals surface area (Å²) in [5, 5.41) is 9.50. The van der Waals surface area contributed by atoms with Crippen LogP contribution in [0.1, 0.15) is 5.56 Å². The average molecular weight is 338 g/mol. The van der Waals surface area contributed by atoms with Crippen molar-refractivity contribution in [2.75, 3.05) is 33.3 Å². The summed E-state index contributed by atoms with van der Waals surface area (Å²) in [4.78, 5) is 1.93. The van der Waals surface area contributed by atoms with Crippen molar-refractivity contribution in [3.05, 3.63) is 59.8 Å². The van der Waals surface area contributed by atoms with Gasteiger partial charge in [0.15, 0.2) is 11.5 Å². The molecule has 5 nitrogen and oxygen atoms in total. The van der Waals surface area contributed by atoms with Crippen LogP contribution in [0.4, 0.5) is 5.69 Å².